The van der Waals surface area contributed by atoms with Crippen LogP contribution in [-0.2, 0) is 10.2 Å². The minimum absolute atomic E-state index is 0.239. The predicted molar refractivity (Wildman–Crippen MR) is 117 cm³/mol. The van der Waals surface area contributed by atoms with Gasteiger partial charge in [0.2, 0.25) is 0 Å². The van der Waals surface area contributed by atoms with Crippen molar-refractivity contribution in [1.82, 2.24) is 0 Å². The molecule has 6 rings (SSSR count). The molecule has 4 nitrogen and oxygen atoms in total. The van der Waals surface area contributed by atoms with E-state index in [2.05, 4.69) is 17.4 Å². The molecule has 0 saturated heterocycles. The van der Waals surface area contributed by atoms with Gasteiger partial charge in [-0.25, -0.2) is 4.79 Å². The van der Waals surface area contributed by atoms with Crippen molar-refractivity contribution in [2.75, 3.05) is 12.4 Å². The van der Waals surface area contributed by atoms with E-state index in [0.29, 0.717) is 21.7 Å². The van der Waals surface area contributed by atoms with Gasteiger partial charge in [-0.3, -0.25) is 4.79 Å². The first kappa shape index (κ1) is 19.6. The van der Waals surface area contributed by atoms with Gasteiger partial charge in [0, 0.05) is 10.6 Å². The molecule has 0 spiro atoms. The number of carbonyl (C=O) groups excluding carboxylic acids is 2. The second kappa shape index (κ2) is 7.42. The van der Waals surface area contributed by atoms with Crippen molar-refractivity contribution in [2.24, 2.45) is 17.8 Å². The molecule has 2 aromatic rings. The fourth-order valence-corrected chi connectivity index (χ4v) is 6.71. The van der Waals surface area contributed by atoms with Crippen molar-refractivity contribution in [3.05, 3.63) is 64.2 Å². The first-order chi connectivity index (χ1) is 14.5. The second-order valence-corrected chi connectivity index (χ2v) is 9.85. The van der Waals surface area contributed by atoms with Crippen molar-refractivity contribution in [2.45, 2.75) is 43.9 Å². The van der Waals surface area contributed by atoms with E-state index in [9.17, 15) is 9.59 Å². The molecule has 4 aliphatic rings. The summed E-state index contributed by atoms with van der Waals surface area (Å²) < 4.78 is 4.80. The second-order valence-electron chi connectivity index (χ2n) is 9.41. The Kier molecular flexibility index (Phi) is 4.85. The first-order valence-electron chi connectivity index (χ1n) is 10.8. The molecule has 4 aliphatic carbocycles. The number of amides is 1. The molecule has 1 amide bonds. The van der Waals surface area contributed by atoms with Gasteiger partial charge in [0.25, 0.3) is 5.91 Å². The number of benzene rings is 2. The van der Waals surface area contributed by atoms with Crippen molar-refractivity contribution < 1.29 is 14.3 Å². The standard InChI is InChI=1S/C25H26ClNO3/c1-30-24(29)21-11-20(26)6-7-22(21)27-23(28)18-2-4-19(5-3-18)25-12-15-8-16(13-25)10-17(9-15)14-25/h2-7,11,15-17H,8-10,12-14H2,1H3,(H,27,28). The van der Waals surface area contributed by atoms with Gasteiger partial charge in [0.05, 0.1) is 18.4 Å². The number of carbonyl (C=O) groups is 2. The van der Waals surface area contributed by atoms with E-state index in [1.165, 1.54) is 57.3 Å². The molecule has 2 aromatic carbocycles. The highest BCUT2D eigenvalue weighted by molar-refractivity contribution is 6.31. The summed E-state index contributed by atoms with van der Waals surface area (Å²) in [7, 11) is 1.30. The van der Waals surface area contributed by atoms with Crippen LogP contribution in [0.5, 0.6) is 0 Å². The smallest absolute Gasteiger partial charge is 0.340 e. The number of esters is 1. The third-order valence-corrected chi connectivity index (χ3v) is 7.67. The van der Waals surface area contributed by atoms with Crippen LogP contribution >= 0.6 is 11.6 Å². The molecule has 0 heterocycles. The maximum absolute atomic E-state index is 12.8. The quantitative estimate of drug-likeness (QED) is 0.628. The van der Waals surface area contributed by atoms with E-state index in [4.69, 9.17) is 16.3 Å². The number of hydrogen-bond acceptors (Lipinski definition) is 3. The minimum atomic E-state index is -0.537. The van der Waals surface area contributed by atoms with Gasteiger partial charge in [-0.2, -0.15) is 0 Å². The van der Waals surface area contributed by atoms with Crippen LogP contribution in [0.3, 0.4) is 0 Å². The zero-order valence-corrected chi connectivity index (χ0v) is 17.9. The molecule has 0 radical (unpaired) electrons. The maximum atomic E-state index is 12.8. The van der Waals surface area contributed by atoms with Crippen LogP contribution in [-0.4, -0.2) is 19.0 Å². The van der Waals surface area contributed by atoms with Gasteiger partial charge in [-0.05, 0) is 97.6 Å². The van der Waals surface area contributed by atoms with Crippen LogP contribution in [0.1, 0.15) is 64.8 Å². The summed E-state index contributed by atoms with van der Waals surface area (Å²) in [6.07, 6.45) is 8.17. The average molecular weight is 424 g/mol. The highest BCUT2D eigenvalue weighted by Gasteiger charge is 2.51. The molecule has 30 heavy (non-hydrogen) atoms. The lowest BCUT2D eigenvalue weighted by atomic mass is 9.48. The van der Waals surface area contributed by atoms with Crippen LogP contribution in [0.25, 0.3) is 0 Å². The molecular formula is C25H26ClNO3. The van der Waals surface area contributed by atoms with Gasteiger partial charge < -0.3 is 10.1 Å². The summed E-state index contributed by atoms with van der Waals surface area (Å²) in [5, 5.41) is 3.24. The molecule has 0 unspecified atom stereocenters. The van der Waals surface area contributed by atoms with Gasteiger partial charge in [-0.1, -0.05) is 23.7 Å². The summed E-state index contributed by atoms with van der Waals surface area (Å²) in [4.78, 5) is 24.8. The van der Waals surface area contributed by atoms with Gasteiger partial charge in [-0.15, -0.1) is 0 Å². The lowest BCUT2D eigenvalue weighted by Crippen LogP contribution is -2.48. The predicted octanol–water partition coefficient (Wildman–Crippen LogP) is 5.85. The first-order valence-corrected chi connectivity index (χ1v) is 11.1. The fraction of sp³-hybridized carbons (Fsp3) is 0.440. The summed E-state index contributed by atoms with van der Waals surface area (Å²) in [5.41, 5.74) is 2.91. The Morgan fingerprint density at radius 3 is 2.13 bits per heavy atom. The van der Waals surface area contributed by atoms with Crippen LogP contribution in [0.4, 0.5) is 5.69 Å². The maximum Gasteiger partial charge on any atom is 0.340 e. The van der Waals surface area contributed by atoms with Crippen molar-refractivity contribution >= 4 is 29.2 Å². The minimum Gasteiger partial charge on any atom is -0.465 e. The third kappa shape index (κ3) is 3.41. The molecule has 4 bridgehead atoms. The molecule has 1 N–H and O–H groups in total. The van der Waals surface area contributed by atoms with E-state index in [1.807, 2.05) is 12.1 Å². The number of nitrogens with one attached hydrogen (secondary N) is 1. The highest BCUT2D eigenvalue weighted by atomic mass is 35.5. The van der Waals surface area contributed by atoms with Crippen molar-refractivity contribution in [3.63, 3.8) is 0 Å². The average Bonchev–Trinajstić information content (AvgIpc) is 2.73. The van der Waals surface area contributed by atoms with Crippen LogP contribution in [0.2, 0.25) is 5.02 Å². The van der Waals surface area contributed by atoms with Crippen LogP contribution in [0.15, 0.2) is 42.5 Å². The molecule has 5 heteroatoms. The lowest BCUT2D eigenvalue weighted by Gasteiger charge is -2.57. The monoisotopic (exact) mass is 423 g/mol. The molecule has 0 aliphatic heterocycles. The summed E-state index contributed by atoms with van der Waals surface area (Å²) in [5.74, 6) is 1.88. The molecule has 4 saturated carbocycles. The van der Waals surface area contributed by atoms with Gasteiger partial charge in [0.1, 0.15) is 0 Å². The van der Waals surface area contributed by atoms with E-state index in [1.54, 1.807) is 12.1 Å². The summed E-state index contributed by atoms with van der Waals surface area (Å²) in [6, 6.07) is 12.9. The zero-order chi connectivity index (χ0) is 20.9. The largest absolute Gasteiger partial charge is 0.465 e. The Labute approximate surface area is 182 Å². The number of methoxy groups -OCH3 is 1. The van der Waals surface area contributed by atoms with Crippen molar-refractivity contribution in [3.8, 4) is 0 Å². The Bertz CT molecular complexity index is 963. The molecule has 4 fully saturated rings. The van der Waals surface area contributed by atoms with Gasteiger partial charge >= 0.3 is 5.97 Å². The number of rotatable bonds is 4. The SMILES string of the molecule is COC(=O)c1cc(Cl)ccc1NC(=O)c1ccc(C23CC4CC(CC(C4)C2)C3)cc1. The normalized spacial score (nSPS) is 28.9. The third-order valence-electron chi connectivity index (χ3n) is 7.43. The lowest BCUT2D eigenvalue weighted by molar-refractivity contribution is -0.00519. The van der Waals surface area contributed by atoms with Crippen LogP contribution in [0, 0.1) is 17.8 Å². The van der Waals surface area contributed by atoms with Crippen LogP contribution < -0.4 is 5.32 Å². The van der Waals surface area contributed by atoms with E-state index >= 15 is 0 Å². The van der Waals surface area contributed by atoms with Crippen molar-refractivity contribution in [1.29, 1.82) is 0 Å². The molecule has 0 atom stereocenters. The topological polar surface area (TPSA) is 55.4 Å². The molecule has 156 valence electrons. The van der Waals surface area contributed by atoms with Gasteiger partial charge in [0.15, 0.2) is 0 Å². The summed E-state index contributed by atoms with van der Waals surface area (Å²) in [6.45, 7) is 0. The molecular weight excluding hydrogens is 398 g/mol. The Balaban J connectivity index is 1.36. The number of halogens is 1. The van der Waals surface area contributed by atoms with E-state index in [0.717, 1.165) is 17.8 Å². The zero-order valence-electron chi connectivity index (χ0n) is 17.1. The summed E-state index contributed by atoms with van der Waals surface area (Å²) >= 11 is 6.00. The highest BCUT2D eigenvalue weighted by Crippen LogP contribution is 2.60. The fourth-order valence-electron chi connectivity index (χ4n) is 6.54. The number of hydrogen-bond donors (Lipinski definition) is 1. The van der Waals surface area contributed by atoms with E-state index < -0.39 is 5.97 Å². The number of anilines is 1. The Morgan fingerprint density at radius 2 is 1.57 bits per heavy atom. The van der Waals surface area contributed by atoms with E-state index in [-0.39, 0.29) is 11.5 Å². The molecule has 0 aromatic heterocycles. The number of ether oxygens (including phenoxy) is 1. The Hall–Kier alpha value is -2.33. The Morgan fingerprint density at radius 1 is 0.967 bits per heavy atom.